The van der Waals surface area contributed by atoms with Crippen LogP contribution in [0.2, 0.25) is 0 Å². The van der Waals surface area contributed by atoms with Crippen molar-refractivity contribution in [1.29, 1.82) is 0 Å². The largest absolute Gasteiger partial charge is 0.455 e. The molecule has 4 heteroatoms. The zero-order valence-corrected chi connectivity index (χ0v) is 31.8. The van der Waals surface area contributed by atoms with Crippen LogP contribution in [0.3, 0.4) is 0 Å². The third-order valence-electron chi connectivity index (χ3n) is 12.3. The van der Waals surface area contributed by atoms with Crippen LogP contribution < -0.4 is 0 Å². The van der Waals surface area contributed by atoms with E-state index >= 15 is 0 Å². The van der Waals surface area contributed by atoms with Crippen LogP contribution in [0.1, 0.15) is 0 Å². The topological polar surface area (TPSA) is 35.9 Å². The van der Waals surface area contributed by atoms with Gasteiger partial charge in [-0.3, -0.25) is 0 Å². The quantitative estimate of drug-likeness (QED) is 0.168. The van der Waals surface area contributed by atoms with Gasteiger partial charge in [-0.15, -0.1) is 0 Å². The number of hydrogen-bond donors (Lipinski definition) is 0. The van der Waals surface area contributed by atoms with Crippen molar-refractivity contribution in [3.63, 3.8) is 0 Å². The van der Waals surface area contributed by atoms with Gasteiger partial charge in [0.1, 0.15) is 11.2 Å². The molecule has 0 spiro atoms. The minimum atomic E-state index is 0.871. The van der Waals surface area contributed by atoms with Crippen molar-refractivity contribution in [1.82, 2.24) is 14.1 Å². The van der Waals surface area contributed by atoms with E-state index in [0.29, 0.717) is 0 Å². The number of rotatable bonds is 4. The van der Waals surface area contributed by atoms with E-state index < -0.39 is 0 Å². The molecule has 0 bridgehead atoms. The zero-order chi connectivity index (χ0) is 38.6. The van der Waals surface area contributed by atoms with Gasteiger partial charge in [-0.25, -0.2) is 4.98 Å². The number of fused-ring (bicyclic) bond motifs is 13. The Hall–Kier alpha value is -7.95. The molecule has 9 aromatic carbocycles. The Morgan fingerprint density at radius 3 is 1.58 bits per heavy atom. The molecule has 0 N–H and O–H groups in total. The van der Waals surface area contributed by atoms with Crippen molar-refractivity contribution in [2.45, 2.75) is 0 Å². The van der Waals surface area contributed by atoms with E-state index in [0.717, 1.165) is 77.4 Å². The van der Waals surface area contributed by atoms with E-state index in [1.54, 1.807) is 0 Å². The summed E-state index contributed by atoms with van der Waals surface area (Å²) in [5, 5.41) is 10.5. The fourth-order valence-electron chi connectivity index (χ4n) is 9.73. The maximum atomic E-state index is 6.88. The fourth-order valence-corrected chi connectivity index (χ4v) is 9.73. The highest BCUT2D eigenvalue weighted by Crippen LogP contribution is 2.46. The molecule has 0 saturated heterocycles. The predicted octanol–water partition coefficient (Wildman–Crippen LogP) is 14.8. The number of furan rings is 1. The van der Waals surface area contributed by atoms with E-state index in [4.69, 9.17) is 9.40 Å². The number of para-hydroxylation sites is 6. The van der Waals surface area contributed by atoms with E-state index in [-0.39, 0.29) is 0 Å². The third-order valence-corrected chi connectivity index (χ3v) is 12.3. The van der Waals surface area contributed by atoms with Crippen LogP contribution in [0, 0.1) is 0 Å². The van der Waals surface area contributed by atoms with Crippen LogP contribution in [0.25, 0.3) is 121 Å². The Bertz CT molecular complexity index is 3780. The highest BCUT2D eigenvalue weighted by molar-refractivity contribution is 6.30. The standard InChI is InChI=1S/C55H33N3O/c1-2-14-36(15-3-1)57-49-24-12-7-18-40(49)44-32-35(28-31-50(44)57)54-45-33-43(55-53(42-20-8-13-25-51(42)59-55)52(45)41-19-4-9-21-46(41)56-54)34-26-29-37(30-27-34)58-47-22-10-5-16-38(47)39-17-6-11-23-48(39)58/h1-33H. The van der Waals surface area contributed by atoms with Crippen molar-refractivity contribution in [2.75, 3.05) is 0 Å². The average molecular weight is 752 g/mol. The van der Waals surface area contributed by atoms with Crippen LogP contribution in [-0.2, 0) is 0 Å². The molecule has 13 aromatic rings. The van der Waals surface area contributed by atoms with Crippen molar-refractivity contribution < 1.29 is 4.42 Å². The summed E-state index contributed by atoms with van der Waals surface area (Å²) in [4.78, 5) is 5.50. The Kier molecular flexibility index (Phi) is 6.69. The molecule has 0 fully saturated rings. The fraction of sp³-hybridized carbons (Fsp3) is 0. The summed E-state index contributed by atoms with van der Waals surface area (Å²) in [5.74, 6) is 0. The van der Waals surface area contributed by atoms with Gasteiger partial charge in [-0.05, 0) is 78.4 Å². The van der Waals surface area contributed by atoms with Gasteiger partial charge in [0.15, 0.2) is 0 Å². The number of nitrogens with zero attached hydrogens (tertiary/aromatic N) is 3. The summed E-state index contributed by atoms with van der Waals surface area (Å²) < 4.78 is 11.6. The maximum absolute atomic E-state index is 6.88. The highest BCUT2D eigenvalue weighted by atomic mass is 16.3. The molecule has 13 rings (SSSR count). The van der Waals surface area contributed by atoms with Crippen LogP contribution in [0.15, 0.2) is 205 Å². The molecule has 0 atom stereocenters. The van der Waals surface area contributed by atoms with Gasteiger partial charge in [-0.2, -0.15) is 0 Å². The summed E-state index contributed by atoms with van der Waals surface area (Å²) in [6.45, 7) is 0. The second kappa shape index (κ2) is 12.3. The number of hydrogen-bond acceptors (Lipinski definition) is 2. The first-order valence-corrected chi connectivity index (χ1v) is 20.1. The van der Waals surface area contributed by atoms with Crippen LogP contribution >= 0.6 is 0 Å². The molecular weight excluding hydrogens is 719 g/mol. The molecule has 0 aliphatic heterocycles. The molecule has 274 valence electrons. The number of benzene rings is 9. The molecule has 0 unspecified atom stereocenters. The Morgan fingerprint density at radius 1 is 0.356 bits per heavy atom. The molecule has 59 heavy (non-hydrogen) atoms. The summed E-state index contributed by atoms with van der Waals surface area (Å²) in [6.07, 6.45) is 0. The number of pyridine rings is 1. The van der Waals surface area contributed by atoms with Crippen molar-refractivity contribution in [3.8, 4) is 33.8 Å². The Balaban J connectivity index is 1.09. The first kappa shape index (κ1) is 32.2. The summed E-state index contributed by atoms with van der Waals surface area (Å²) in [7, 11) is 0. The first-order chi connectivity index (χ1) is 29.3. The molecule has 0 amide bonds. The van der Waals surface area contributed by atoms with E-state index in [1.807, 2.05) is 0 Å². The number of aromatic nitrogens is 3. The maximum Gasteiger partial charge on any atom is 0.143 e. The summed E-state index contributed by atoms with van der Waals surface area (Å²) >= 11 is 0. The molecular formula is C55H33N3O. The van der Waals surface area contributed by atoms with Crippen molar-refractivity contribution in [2.24, 2.45) is 0 Å². The van der Waals surface area contributed by atoms with Crippen LogP contribution in [-0.4, -0.2) is 14.1 Å². The molecule has 4 aromatic heterocycles. The third kappa shape index (κ3) is 4.63. The van der Waals surface area contributed by atoms with Crippen LogP contribution in [0.5, 0.6) is 0 Å². The van der Waals surface area contributed by atoms with Gasteiger partial charge in [-0.1, -0.05) is 127 Å². The monoisotopic (exact) mass is 751 g/mol. The minimum absolute atomic E-state index is 0.871. The minimum Gasteiger partial charge on any atom is -0.455 e. The smallest absolute Gasteiger partial charge is 0.143 e. The van der Waals surface area contributed by atoms with Gasteiger partial charge in [0.05, 0.1) is 33.3 Å². The molecule has 0 aliphatic rings. The van der Waals surface area contributed by atoms with Crippen molar-refractivity contribution in [3.05, 3.63) is 200 Å². The lowest BCUT2D eigenvalue weighted by atomic mass is 9.91. The highest BCUT2D eigenvalue weighted by Gasteiger charge is 2.23. The normalized spacial score (nSPS) is 12.1. The van der Waals surface area contributed by atoms with E-state index in [1.165, 1.54) is 43.6 Å². The molecule has 4 nitrogen and oxygen atoms in total. The van der Waals surface area contributed by atoms with Crippen molar-refractivity contribution >= 4 is 87.2 Å². The summed E-state index contributed by atoms with van der Waals surface area (Å²) in [5.41, 5.74) is 13.8. The summed E-state index contributed by atoms with van der Waals surface area (Å²) in [6, 6.07) is 71.7. The second-order valence-electron chi connectivity index (χ2n) is 15.5. The predicted molar refractivity (Wildman–Crippen MR) is 246 cm³/mol. The Morgan fingerprint density at radius 2 is 0.881 bits per heavy atom. The first-order valence-electron chi connectivity index (χ1n) is 20.1. The zero-order valence-electron chi connectivity index (χ0n) is 31.8. The molecule has 0 radical (unpaired) electrons. The van der Waals surface area contributed by atoms with E-state index in [2.05, 4.69) is 209 Å². The molecule has 0 saturated carbocycles. The van der Waals surface area contributed by atoms with Gasteiger partial charge in [0.2, 0.25) is 0 Å². The second-order valence-corrected chi connectivity index (χ2v) is 15.5. The molecule has 4 heterocycles. The van der Waals surface area contributed by atoms with Gasteiger partial charge in [0.25, 0.3) is 0 Å². The van der Waals surface area contributed by atoms with Crippen LogP contribution in [0.4, 0.5) is 0 Å². The van der Waals surface area contributed by atoms with E-state index in [9.17, 15) is 0 Å². The lowest BCUT2D eigenvalue weighted by Gasteiger charge is -2.15. The molecule has 0 aliphatic carbocycles. The lowest BCUT2D eigenvalue weighted by molar-refractivity contribution is 0.670. The average Bonchev–Trinajstić information content (AvgIpc) is 3.97. The SMILES string of the molecule is c1ccc(-n2c3ccccc3c3cc(-c4nc5ccccc5c5c4cc(-c4ccc(-n6c7ccccc7c7ccccc76)cc4)c4oc6ccccc6c45)ccc32)cc1. The Labute approximate surface area is 338 Å². The van der Waals surface area contributed by atoms with Gasteiger partial charge in [0, 0.05) is 71.0 Å². The lowest BCUT2D eigenvalue weighted by Crippen LogP contribution is -1.95. The van der Waals surface area contributed by atoms with Gasteiger partial charge < -0.3 is 13.6 Å². The van der Waals surface area contributed by atoms with Gasteiger partial charge >= 0.3 is 0 Å².